The quantitative estimate of drug-likeness (QED) is 0.711. The largest absolute Gasteiger partial charge is 0.343 e. The Balaban J connectivity index is 2.25. The number of amides is 1. The highest BCUT2D eigenvalue weighted by molar-refractivity contribution is 5.76. The Labute approximate surface area is 92.1 Å². The minimum Gasteiger partial charge on any atom is -0.343 e. The molecule has 0 aromatic rings. The van der Waals surface area contributed by atoms with Crippen LogP contribution in [0.1, 0.15) is 46.0 Å². The fourth-order valence-corrected chi connectivity index (χ4v) is 1.87. The van der Waals surface area contributed by atoms with Crippen molar-refractivity contribution < 1.29 is 4.79 Å². The Bertz CT molecular complexity index is 265. The number of hydrogen-bond acceptors (Lipinski definition) is 2. The van der Waals surface area contributed by atoms with Crippen LogP contribution in [0.3, 0.4) is 0 Å². The van der Waals surface area contributed by atoms with Gasteiger partial charge in [0.15, 0.2) is 0 Å². The van der Waals surface area contributed by atoms with E-state index in [2.05, 4.69) is 6.07 Å². The van der Waals surface area contributed by atoms with Crippen LogP contribution in [0.15, 0.2) is 0 Å². The molecule has 1 rings (SSSR count). The number of carbonyl (C=O) groups excluding carboxylic acids is 1. The molecule has 1 aliphatic heterocycles. The van der Waals surface area contributed by atoms with Gasteiger partial charge in [0.05, 0.1) is 11.5 Å². The molecule has 1 amide bonds. The lowest BCUT2D eigenvalue weighted by atomic mass is 9.89. The van der Waals surface area contributed by atoms with Gasteiger partial charge in [-0.25, -0.2) is 0 Å². The Morgan fingerprint density at radius 1 is 1.47 bits per heavy atom. The summed E-state index contributed by atoms with van der Waals surface area (Å²) in [5.41, 5.74) is -0.251. The van der Waals surface area contributed by atoms with Gasteiger partial charge >= 0.3 is 0 Å². The van der Waals surface area contributed by atoms with Crippen molar-refractivity contribution in [1.29, 1.82) is 5.26 Å². The number of likely N-dealkylation sites (tertiary alicyclic amines) is 1. The molecule has 0 unspecified atom stereocenters. The molecule has 15 heavy (non-hydrogen) atoms. The van der Waals surface area contributed by atoms with Crippen LogP contribution in [0.4, 0.5) is 0 Å². The number of piperidine rings is 1. The average molecular weight is 208 g/mol. The Kier molecular flexibility index (Phi) is 4.14. The van der Waals surface area contributed by atoms with Crippen LogP contribution in [0.2, 0.25) is 0 Å². The summed E-state index contributed by atoms with van der Waals surface area (Å²) in [7, 11) is 0. The predicted octanol–water partition coefficient (Wildman–Crippen LogP) is 2.33. The van der Waals surface area contributed by atoms with Gasteiger partial charge in [-0.05, 0) is 39.5 Å². The second kappa shape index (κ2) is 5.16. The molecule has 3 heteroatoms. The van der Waals surface area contributed by atoms with Crippen LogP contribution in [0, 0.1) is 16.7 Å². The summed E-state index contributed by atoms with van der Waals surface area (Å²) in [4.78, 5) is 13.4. The van der Waals surface area contributed by atoms with E-state index in [4.69, 9.17) is 5.26 Å². The van der Waals surface area contributed by atoms with Crippen LogP contribution in [0.25, 0.3) is 0 Å². The fraction of sp³-hybridized carbons (Fsp3) is 0.833. The number of nitriles is 1. The molecule has 3 nitrogen and oxygen atoms in total. The first-order valence-electron chi connectivity index (χ1n) is 5.74. The van der Waals surface area contributed by atoms with Crippen LogP contribution in [-0.2, 0) is 4.79 Å². The highest BCUT2D eigenvalue weighted by Crippen LogP contribution is 2.21. The molecule has 1 saturated heterocycles. The van der Waals surface area contributed by atoms with Gasteiger partial charge in [0.1, 0.15) is 0 Å². The zero-order chi connectivity index (χ0) is 11.3. The molecule has 0 saturated carbocycles. The molecule has 0 spiro atoms. The summed E-state index contributed by atoms with van der Waals surface area (Å²) in [6.07, 6.45) is 4.69. The summed E-state index contributed by atoms with van der Waals surface area (Å²) < 4.78 is 0. The lowest BCUT2D eigenvalue weighted by Gasteiger charge is -2.27. The lowest BCUT2D eigenvalue weighted by molar-refractivity contribution is -0.133. The predicted molar refractivity (Wildman–Crippen MR) is 59.1 cm³/mol. The molecular formula is C12H20N2O. The molecule has 0 bridgehead atoms. The van der Waals surface area contributed by atoms with Crippen molar-refractivity contribution in [2.45, 2.75) is 46.0 Å². The van der Waals surface area contributed by atoms with Crippen LogP contribution >= 0.6 is 0 Å². The maximum atomic E-state index is 11.5. The highest BCUT2D eigenvalue weighted by atomic mass is 16.2. The minimum absolute atomic E-state index is 0.251. The van der Waals surface area contributed by atoms with E-state index < -0.39 is 0 Å². The first-order chi connectivity index (χ1) is 7.05. The second-order valence-electron chi connectivity index (χ2n) is 4.94. The van der Waals surface area contributed by atoms with E-state index in [0.29, 0.717) is 6.42 Å². The number of hydrogen-bond donors (Lipinski definition) is 0. The van der Waals surface area contributed by atoms with Gasteiger partial charge in [0, 0.05) is 19.5 Å². The molecule has 0 aromatic heterocycles. The number of rotatable bonds is 4. The van der Waals surface area contributed by atoms with E-state index in [0.717, 1.165) is 38.8 Å². The van der Waals surface area contributed by atoms with Crippen molar-refractivity contribution >= 4 is 5.91 Å². The molecule has 0 aromatic carbocycles. The van der Waals surface area contributed by atoms with Crippen molar-refractivity contribution in [2.24, 2.45) is 5.41 Å². The van der Waals surface area contributed by atoms with Crippen LogP contribution in [0.5, 0.6) is 0 Å². The van der Waals surface area contributed by atoms with Gasteiger partial charge in [-0.2, -0.15) is 5.26 Å². The van der Waals surface area contributed by atoms with Crippen LogP contribution < -0.4 is 0 Å². The summed E-state index contributed by atoms with van der Waals surface area (Å²) in [6.45, 7) is 5.63. The molecule has 1 heterocycles. The summed E-state index contributed by atoms with van der Waals surface area (Å²) in [5, 5.41) is 8.85. The van der Waals surface area contributed by atoms with E-state index in [1.165, 1.54) is 0 Å². The third kappa shape index (κ3) is 3.91. The van der Waals surface area contributed by atoms with Crippen LogP contribution in [-0.4, -0.2) is 23.9 Å². The van der Waals surface area contributed by atoms with Gasteiger partial charge in [-0.15, -0.1) is 0 Å². The maximum absolute atomic E-state index is 11.5. The molecular weight excluding hydrogens is 188 g/mol. The molecule has 84 valence electrons. The molecule has 1 fully saturated rings. The van der Waals surface area contributed by atoms with E-state index in [1.54, 1.807) is 0 Å². The normalized spacial score (nSPS) is 17.7. The first-order valence-corrected chi connectivity index (χ1v) is 5.74. The zero-order valence-electron chi connectivity index (χ0n) is 9.75. The second-order valence-corrected chi connectivity index (χ2v) is 4.94. The summed E-state index contributed by atoms with van der Waals surface area (Å²) in [5.74, 6) is 0.288. The molecule has 1 aliphatic rings. The average Bonchev–Trinajstić information content (AvgIpc) is 2.21. The Morgan fingerprint density at radius 2 is 2.20 bits per heavy atom. The fourth-order valence-electron chi connectivity index (χ4n) is 1.87. The smallest absolute Gasteiger partial charge is 0.222 e. The maximum Gasteiger partial charge on any atom is 0.222 e. The van der Waals surface area contributed by atoms with E-state index in [-0.39, 0.29) is 11.3 Å². The lowest BCUT2D eigenvalue weighted by Crippen LogP contribution is -2.36. The van der Waals surface area contributed by atoms with Crippen molar-refractivity contribution in [3.05, 3.63) is 0 Å². The van der Waals surface area contributed by atoms with Gasteiger partial charge in [-0.1, -0.05) is 0 Å². The van der Waals surface area contributed by atoms with Crippen molar-refractivity contribution in [3.8, 4) is 6.07 Å². The standard InChI is InChI=1S/C12H20N2O/c1-12(2,10-13)7-5-9-14-8-4-3-6-11(14)15/h3-9H2,1-2H3. The summed E-state index contributed by atoms with van der Waals surface area (Å²) >= 11 is 0. The van der Waals surface area contributed by atoms with E-state index in [9.17, 15) is 4.79 Å². The Hall–Kier alpha value is -1.04. The number of carbonyl (C=O) groups is 1. The van der Waals surface area contributed by atoms with Crippen molar-refractivity contribution in [3.63, 3.8) is 0 Å². The molecule has 0 N–H and O–H groups in total. The number of nitrogens with zero attached hydrogens (tertiary/aromatic N) is 2. The van der Waals surface area contributed by atoms with Crippen molar-refractivity contribution in [2.75, 3.05) is 13.1 Å². The van der Waals surface area contributed by atoms with Gasteiger partial charge in [-0.3, -0.25) is 4.79 Å². The van der Waals surface area contributed by atoms with Gasteiger partial charge in [0.2, 0.25) is 5.91 Å². The molecule has 0 radical (unpaired) electrons. The Morgan fingerprint density at radius 3 is 2.80 bits per heavy atom. The summed E-state index contributed by atoms with van der Waals surface area (Å²) in [6, 6.07) is 2.29. The first kappa shape index (κ1) is 12.0. The van der Waals surface area contributed by atoms with E-state index in [1.807, 2.05) is 18.7 Å². The van der Waals surface area contributed by atoms with E-state index >= 15 is 0 Å². The van der Waals surface area contributed by atoms with Gasteiger partial charge in [0.25, 0.3) is 0 Å². The minimum atomic E-state index is -0.251. The monoisotopic (exact) mass is 208 g/mol. The SMILES string of the molecule is CC(C)(C#N)CCCN1CCCCC1=O. The zero-order valence-corrected chi connectivity index (χ0v) is 9.75. The topological polar surface area (TPSA) is 44.1 Å². The van der Waals surface area contributed by atoms with Crippen molar-refractivity contribution in [1.82, 2.24) is 4.90 Å². The molecule has 0 atom stereocenters. The highest BCUT2D eigenvalue weighted by Gasteiger charge is 2.20. The van der Waals surface area contributed by atoms with Gasteiger partial charge < -0.3 is 4.90 Å². The molecule has 0 aliphatic carbocycles. The third-order valence-electron chi connectivity index (χ3n) is 2.95. The third-order valence-corrected chi connectivity index (χ3v) is 2.95.